The first-order chi connectivity index (χ1) is 18.5. The fraction of sp³-hybridized carbons (Fsp3) is 0.241. The number of aromatic nitrogens is 1. The molecule has 4 aromatic rings. The van der Waals surface area contributed by atoms with E-state index >= 15 is 0 Å². The van der Waals surface area contributed by atoms with E-state index in [0.29, 0.717) is 73.4 Å². The second kappa shape index (κ2) is 9.98. The van der Waals surface area contributed by atoms with Crippen LogP contribution in [0.4, 0.5) is 24.5 Å². The van der Waals surface area contributed by atoms with Crippen LogP contribution in [0.1, 0.15) is 17.9 Å². The van der Waals surface area contributed by atoms with Crippen LogP contribution in [0.5, 0.6) is 5.75 Å². The molecule has 3 aromatic carbocycles. The number of fused-ring (bicyclic) bond motifs is 2. The SMILES string of the molecule is O=C(Nc1cnc2c(-c3cc(F)cc(F)c3F)cccc2c1N1CCOCC1)C1CCOc2ccccc21. The predicted octanol–water partition coefficient (Wildman–Crippen LogP) is 5.66. The Balaban J connectivity index is 1.46. The monoisotopic (exact) mass is 519 g/mol. The van der Waals surface area contributed by atoms with Crippen LogP contribution in [0, 0.1) is 17.5 Å². The summed E-state index contributed by atoms with van der Waals surface area (Å²) in [7, 11) is 0. The number of anilines is 2. The standard InChI is InChI=1S/C29H24F3N3O3/c30-17-14-22(26(32)23(31)15-17)19-5-3-6-21-27(19)33-16-24(28(21)35-9-12-37-13-10-35)34-29(36)20-8-11-38-25-7-2-1-4-18(20)25/h1-7,14-16,20H,8-13H2,(H,34,36). The molecule has 0 radical (unpaired) electrons. The maximum Gasteiger partial charge on any atom is 0.232 e. The lowest BCUT2D eigenvalue weighted by atomic mass is 9.92. The van der Waals surface area contributed by atoms with E-state index < -0.39 is 23.4 Å². The van der Waals surface area contributed by atoms with Gasteiger partial charge in [0.2, 0.25) is 5.91 Å². The van der Waals surface area contributed by atoms with Gasteiger partial charge in [-0.15, -0.1) is 0 Å². The number of hydrogen-bond donors (Lipinski definition) is 1. The molecule has 0 bridgehead atoms. The maximum atomic E-state index is 14.8. The Bertz CT molecular complexity index is 1540. The van der Waals surface area contributed by atoms with Gasteiger partial charge in [0.05, 0.1) is 48.8 Å². The zero-order chi connectivity index (χ0) is 26.2. The summed E-state index contributed by atoms with van der Waals surface area (Å²) in [5.74, 6) is -3.20. The summed E-state index contributed by atoms with van der Waals surface area (Å²) in [6.45, 7) is 2.55. The van der Waals surface area contributed by atoms with Crippen molar-refractivity contribution in [2.75, 3.05) is 43.1 Å². The van der Waals surface area contributed by atoms with Gasteiger partial charge in [0, 0.05) is 41.2 Å². The van der Waals surface area contributed by atoms with Gasteiger partial charge in [0.1, 0.15) is 11.6 Å². The zero-order valence-corrected chi connectivity index (χ0v) is 20.3. The lowest BCUT2D eigenvalue weighted by Gasteiger charge is -2.32. The summed E-state index contributed by atoms with van der Waals surface area (Å²) in [5, 5.41) is 3.69. The van der Waals surface area contributed by atoms with Crippen molar-refractivity contribution >= 4 is 28.2 Å². The molecule has 0 aliphatic carbocycles. The van der Waals surface area contributed by atoms with Crippen LogP contribution < -0.4 is 15.0 Å². The van der Waals surface area contributed by atoms with Crippen molar-refractivity contribution in [1.82, 2.24) is 4.98 Å². The maximum absolute atomic E-state index is 14.8. The average Bonchev–Trinajstić information content (AvgIpc) is 2.94. The fourth-order valence-electron chi connectivity index (χ4n) is 5.23. The van der Waals surface area contributed by atoms with Crippen molar-refractivity contribution in [3.63, 3.8) is 0 Å². The molecule has 6 rings (SSSR count). The van der Waals surface area contributed by atoms with Gasteiger partial charge in [-0.3, -0.25) is 9.78 Å². The van der Waals surface area contributed by atoms with Crippen molar-refractivity contribution < 1.29 is 27.4 Å². The summed E-state index contributed by atoms with van der Waals surface area (Å²) in [6.07, 6.45) is 2.05. The van der Waals surface area contributed by atoms with Gasteiger partial charge in [0.25, 0.3) is 0 Å². The van der Waals surface area contributed by atoms with Crippen LogP contribution in [0.3, 0.4) is 0 Å². The van der Waals surface area contributed by atoms with E-state index in [1.807, 2.05) is 30.3 Å². The molecular formula is C29H24F3N3O3. The minimum atomic E-state index is -1.27. The highest BCUT2D eigenvalue weighted by Crippen LogP contribution is 2.40. The molecule has 2 aliphatic rings. The molecule has 2 aliphatic heterocycles. The quantitative estimate of drug-likeness (QED) is 0.353. The number of rotatable bonds is 4. The summed E-state index contributed by atoms with van der Waals surface area (Å²) in [4.78, 5) is 20.2. The Hall–Kier alpha value is -4.11. The van der Waals surface area contributed by atoms with Crippen molar-refractivity contribution in [2.45, 2.75) is 12.3 Å². The summed E-state index contributed by atoms with van der Waals surface area (Å²) >= 11 is 0. The first kappa shape index (κ1) is 24.2. The minimum absolute atomic E-state index is 0.189. The largest absolute Gasteiger partial charge is 0.493 e. The van der Waals surface area contributed by atoms with Crippen LogP contribution in [0.15, 0.2) is 60.8 Å². The number of nitrogens with zero attached hydrogens (tertiary/aromatic N) is 2. The Morgan fingerprint density at radius 2 is 1.79 bits per heavy atom. The highest BCUT2D eigenvalue weighted by atomic mass is 19.2. The molecule has 1 atom stereocenters. The second-order valence-electron chi connectivity index (χ2n) is 9.29. The highest BCUT2D eigenvalue weighted by Gasteiger charge is 2.29. The molecule has 194 valence electrons. The van der Waals surface area contributed by atoms with Crippen LogP contribution in [-0.4, -0.2) is 43.8 Å². The number of nitrogens with one attached hydrogen (secondary N) is 1. The number of morpholine rings is 1. The Morgan fingerprint density at radius 1 is 0.974 bits per heavy atom. The molecule has 0 spiro atoms. The first-order valence-electron chi connectivity index (χ1n) is 12.4. The van der Waals surface area contributed by atoms with Gasteiger partial charge in [-0.1, -0.05) is 36.4 Å². The average molecular weight is 520 g/mol. The van der Waals surface area contributed by atoms with Crippen LogP contribution >= 0.6 is 0 Å². The minimum Gasteiger partial charge on any atom is -0.493 e. The number of hydrogen-bond acceptors (Lipinski definition) is 5. The number of carbonyl (C=O) groups excluding carboxylic acids is 1. The van der Waals surface area contributed by atoms with E-state index in [1.54, 1.807) is 12.1 Å². The molecule has 1 fully saturated rings. The Morgan fingerprint density at radius 3 is 2.63 bits per heavy atom. The molecule has 9 heteroatoms. The van der Waals surface area contributed by atoms with E-state index in [2.05, 4.69) is 15.2 Å². The molecule has 1 N–H and O–H groups in total. The second-order valence-corrected chi connectivity index (χ2v) is 9.29. The smallest absolute Gasteiger partial charge is 0.232 e. The third-order valence-electron chi connectivity index (χ3n) is 7.01. The molecule has 1 amide bonds. The summed E-state index contributed by atoms with van der Waals surface area (Å²) in [6, 6.07) is 14.0. The lowest BCUT2D eigenvalue weighted by molar-refractivity contribution is -0.118. The van der Waals surface area contributed by atoms with Crippen molar-refractivity contribution in [1.29, 1.82) is 0 Å². The molecular weight excluding hydrogens is 495 g/mol. The van der Waals surface area contributed by atoms with Gasteiger partial charge in [-0.2, -0.15) is 0 Å². The van der Waals surface area contributed by atoms with E-state index in [-0.39, 0.29) is 17.0 Å². The molecule has 1 unspecified atom stereocenters. The Labute approximate surface area is 217 Å². The van der Waals surface area contributed by atoms with Gasteiger partial charge < -0.3 is 19.7 Å². The normalized spacial score (nSPS) is 17.1. The molecule has 38 heavy (non-hydrogen) atoms. The third-order valence-corrected chi connectivity index (χ3v) is 7.01. The lowest BCUT2D eigenvalue weighted by Crippen LogP contribution is -2.37. The van der Waals surface area contributed by atoms with Crippen molar-refractivity contribution in [3.05, 3.63) is 83.8 Å². The van der Waals surface area contributed by atoms with Crippen LogP contribution in [0.2, 0.25) is 0 Å². The van der Waals surface area contributed by atoms with Crippen molar-refractivity contribution in [2.24, 2.45) is 0 Å². The van der Waals surface area contributed by atoms with Crippen LogP contribution in [0.25, 0.3) is 22.0 Å². The van der Waals surface area contributed by atoms with E-state index in [1.165, 1.54) is 6.20 Å². The van der Waals surface area contributed by atoms with E-state index in [9.17, 15) is 18.0 Å². The molecule has 0 saturated carbocycles. The van der Waals surface area contributed by atoms with Crippen molar-refractivity contribution in [3.8, 4) is 16.9 Å². The number of pyridine rings is 1. The summed E-state index contributed by atoms with van der Waals surface area (Å²) in [5.41, 5.74) is 2.42. The molecule has 6 nitrogen and oxygen atoms in total. The molecule has 1 saturated heterocycles. The third kappa shape index (κ3) is 4.32. The Kier molecular flexibility index (Phi) is 6.37. The van der Waals surface area contributed by atoms with Crippen LogP contribution in [-0.2, 0) is 9.53 Å². The number of ether oxygens (including phenoxy) is 2. The van der Waals surface area contributed by atoms with Gasteiger partial charge in [0.15, 0.2) is 11.6 Å². The fourth-order valence-corrected chi connectivity index (χ4v) is 5.23. The van der Waals surface area contributed by atoms with E-state index in [0.717, 1.165) is 11.6 Å². The number of benzene rings is 3. The first-order valence-corrected chi connectivity index (χ1v) is 12.4. The summed E-state index contributed by atoms with van der Waals surface area (Å²) < 4.78 is 54.1. The highest BCUT2D eigenvalue weighted by molar-refractivity contribution is 6.08. The van der Waals surface area contributed by atoms with Gasteiger partial charge in [-0.25, -0.2) is 13.2 Å². The number of halogens is 3. The van der Waals surface area contributed by atoms with Gasteiger partial charge >= 0.3 is 0 Å². The van der Waals surface area contributed by atoms with E-state index in [4.69, 9.17) is 9.47 Å². The number of para-hydroxylation sites is 2. The number of carbonyl (C=O) groups is 1. The molecule has 1 aromatic heterocycles. The topological polar surface area (TPSA) is 63.7 Å². The predicted molar refractivity (Wildman–Crippen MR) is 138 cm³/mol. The zero-order valence-electron chi connectivity index (χ0n) is 20.3. The number of amides is 1. The van der Waals surface area contributed by atoms with Gasteiger partial charge in [-0.05, 0) is 18.6 Å². The molecule has 3 heterocycles.